The molecule has 1 aliphatic rings. The summed E-state index contributed by atoms with van der Waals surface area (Å²) in [5.74, 6) is -0.00455. The minimum Gasteiger partial charge on any atom is -0.492 e. The van der Waals surface area contributed by atoms with Crippen molar-refractivity contribution in [3.8, 4) is 5.75 Å². The van der Waals surface area contributed by atoms with Crippen molar-refractivity contribution in [2.24, 2.45) is 0 Å². The van der Waals surface area contributed by atoms with Crippen molar-refractivity contribution < 1.29 is 18.7 Å². The van der Waals surface area contributed by atoms with E-state index in [1.165, 1.54) is 18.2 Å². The third-order valence-electron chi connectivity index (χ3n) is 4.86. The summed E-state index contributed by atoms with van der Waals surface area (Å²) in [5, 5.41) is 3.57. The van der Waals surface area contributed by atoms with Gasteiger partial charge in [-0.25, -0.2) is 4.39 Å². The monoisotopic (exact) mass is 418 g/mol. The Morgan fingerprint density at radius 1 is 1.14 bits per heavy atom. The Morgan fingerprint density at radius 3 is 2.62 bits per heavy atom. The van der Waals surface area contributed by atoms with Crippen molar-refractivity contribution in [3.63, 3.8) is 0 Å². The number of rotatable bonds is 7. The van der Waals surface area contributed by atoms with Crippen LogP contribution < -0.4 is 10.1 Å². The Morgan fingerprint density at radius 2 is 1.90 bits per heavy atom. The Labute approximate surface area is 174 Å². The summed E-state index contributed by atoms with van der Waals surface area (Å²) in [4.78, 5) is 26.3. The van der Waals surface area contributed by atoms with Crippen LogP contribution in [0, 0.1) is 5.82 Å². The molecule has 1 N–H and O–H groups in total. The Balaban J connectivity index is 1.35. The Kier molecular flexibility index (Phi) is 7.47. The van der Waals surface area contributed by atoms with Crippen molar-refractivity contribution >= 4 is 23.4 Å². The molecule has 0 aliphatic carbocycles. The first kappa shape index (κ1) is 21.1. The molecule has 5 nitrogen and oxygen atoms in total. The van der Waals surface area contributed by atoms with E-state index < -0.39 is 5.82 Å². The number of para-hydroxylation sites is 1. The molecule has 1 aliphatic heterocycles. The van der Waals surface area contributed by atoms with Gasteiger partial charge in [0.2, 0.25) is 5.91 Å². The first-order valence-electron chi connectivity index (χ1n) is 9.74. The number of piperidine rings is 1. The lowest BCUT2D eigenvalue weighted by Crippen LogP contribution is -2.46. The van der Waals surface area contributed by atoms with E-state index in [0.29, 0.717) is 61.7 Å². The quantitative estimate of drug-likeness (QED) is 0.690. The predicted octanol–water partition coefficient (Wildman–Crippen LogP) is 4.06. The van der Waals surface area contributed by atoms with E-state index in [1.54, 1.807) is 23.1 Å². The highest BCUT2D eigenvalue weighted by atomic mass is 35.5. The van der Waals surface area contributed by atoms with Gasteiger partial charge in [0, 0.05) is 31.1 Å². The van der Waals surface area contributed by atoms with Crippen LogP contribution in [-0.2, 0) is 4.79 Å². The molecule has 7 heteroatoms. The number of nitrogens with one attached hydrogen (secondary N) is 1. The van der Waals surface area contributed by atoms with Gasteiger partial charge in [-0.15, -0.1) is 0 Å². The van der Waals surface area contributed by atoms with Crippen molar-refractivity contribution in [1.29, 1.82) is 0 Å². The van der Waals surface area contributed by atoms with E-state index in [0.717, 1.165) is 0 Å². The summed E-state index contributed by atoms with van der Waals surface area (Å²) in [5.41, 5.74) is 0.353. The normalized spacial score (nSPS) is 14.5. The fraction of sp³-hybridized carbons (Fsp3) is 0.364. The summed E-state index contributed by atoms with van der Waals surface area (Å²) in [6.45, 7) is 1.49. The van der Waals surface area contributed by atoms with Crippen molar-refractivity contribution in [3.05, 3.63) is 64.9 Å². The minimum atomic E-state index is -0.420. The molecule has 2 aromatic carbocycles. The number of carbonyl (C=O) groups excluding carboxylic acids is 2. The van der Waals surface area contributed by atoms with Gasteiger partial charge in [-0.3, -0.25) is 9.59 Å². The Bertz CT molecular complexity index is 853. The fourth-order valence-corrected chi connectivity index (χ4v) is 3.50. The van der Waals surface area contributed by atoms with Crippen LogP contribution in [0.3, 0.4) is 0 Å². The van der Waals surface area contributed by atoms with Gasteiger partial charge in [0.15, 0.2) is 0 Å². The molecule has 1 saturated heterocycles. The third kappa shape index (κ3) is 6.19. The van der Waals surface area contributed by atoms with Crippen molar-refractivity contribution in [2.45, 2.75) is 31.7 Å². The van der Waals surface area contributed by atoms with Crippen LogP contribution in [0.25, 0.3) is 0 Å². The zero-order valence-corrected chi connectivity index (χ0v) is 16.8. The SMILES string of the molecule is O=C(CCCOc1ccccc1Cl)NC1CCN(C(=O)c2cccc(F)c2)CC1. The Hall–Kier alpha value is -2.60. The van der Waals surface area contributed by atoms with Crippen LogP contribution in [0.5, 0.6) is 5.75 Å². The first-order chi connectivity index (χ1) is 14.0. The molecule has 0 radical (unpaired) electrons. The van der Waals surface area contributed by atoms with E-state index in [9.17, 15) is 14.0 Å². The van der Waals surface area contributed by atoms with Gasteiger partial charge >= 0.3 is 0 Å². The molecule has 154 valence electrons. The average molecular weight is 419 g/mol. The maximum atomic E-state index is 13.3. The number of carbonyl (C=O) groups is 2. The number of ether oxygens (including phenoxy) is 1. The smallest absolute Gasteiger partial charge is 0.253 e. The van der Waals surface area contributed by atoms with Gasteiger partial charge in [-0.2, -0.15) is 0 Å². The van der Waals surface area contributed by atoms with Crippen LogP contribution in [-0.4, -0.2) is 42.5 Å². The molecule has 0 unspecified atom stereocenters. The maximum Gasteiger partial charge on any atom is 0.253 e. The standard InChI is InChI=1S/C22H24ClFN2O3/c23-19-7-1-2-8-20(19)29-14-4-9-21(27)25-18-10-12-26(13-11-18)22(28)16-5-3-6-17(24)15-16/h1-3,5-8,15,18H,4,9-14H2,(H,25,27). The molecular formula is C22H24ClFN2O3. The van der Waals surface area contributed by atoms with Crippen LogP contribution in [0.2, 0.25) is 5.02 Å². The third-order valence-corrected chi connectivity index (χ3v) is 5.17. The molecule has 29 heavy (non-hydrogen) atoms. The molecule has 0 saturated carbocycles. The average Bonchev–Trinajstić information content (AvgIpc) is 2.72. The summed E-state index contributed by atoms with van der Waals surface area (Å²) >= 11 is 6.02. The largest absolute Gasteiger partial charge is 0.492 e. The highest BCUT2D eigenvalue weighted by Gasteiger charge is 2.24. The molecule has 0 spiro atoms. The zero-order valence-electron chi connectivity index (χ0n) is 16.1. The number of amides is 2. The molecule has 1 heterocycles. The van der Waals surface area contributed by atoms with Gasteiger partial charge in [-0.05, 0) is 49.6 Å². The summed E-state index contributed by atoms with van der Waals surface area (Å²) in [6.07, 6.45) is 2.33. The number of halogens is 2. The molecule has 0 atom stereocenters. The second-order valence-electron chi connectivity index (χ2n) is 7.03. The predicted molar refractivity (Wildman–Crippen MR) is 110 cm³/mol. The minimum absolute atomic E-state index is 0.0253. The van der Waals surface area contributed by atoms with Crippen LogP contribution >= 0.6 is 11.6 Å². The second kappa shape index (κ2) is 10.3. The van der Waals surface area contributed by atoms with E-state index >= 15 is 0 Å². The molecular weight excluding hydrogens is 395 g/mol. The lowest BCUT2D eigenvalue weighted by molar-refractivity contribution is -0.122. The number of likely N-dealkylation sites (tertiary alicyclic amines) is 1. The number of hydrogen-bond acceptors (Lipinski definition) is 3. The fourth-order valence-electron chi connectivity index (χ4n) is 3.31. The molecule has 1 fully saturated rings. The highest BCUT2D eigenvalue weighted by molar-refractivity contribution is 6.32. The van der Waals surface area contributed by atoms with Crippen molar-refractivity contribution in [1.82, 2.24) is 10.2 Å². The van der Waals surface area contributed by atoms with E-state index in [1.807, 2.05) is 12.1 Å². The lowest BCUT2D eigenvalue weighted by Gasteiger charge is -2.32. The highest BCUT2D eigenvalue weighted by Crippen LogP contribution is 2.23. The maximum absolute atomic E-state index is 13.3. The number of benzene rings is 2. The molecule has 0 aromatic heterocycles. The summed E-state index contributed by atoms with van der Waals surface area (Å²) in [6, 6.07) is 13.0. The topological polar surface area (TPSA) is 58.6 Å². The van der Waals surface area contributed by atoms with E-state index in [2.05, 4.69) is 5.32 Å². The van der Waals surface area contributed by atoms with Gasteiger partial charge in [0.05, 0.1) is 11.6 Å². The summed E-state index contributed by atoms with van der Waals surface area (Å²) in [7, 11) is 0. The van der Waals surface area contributed by atoms with Crippen LogP contribution in [0.1, 0.15) is 36.0 Å². The zero-order chi connectivity index (χ0) is 20.6. The second-order valence-corrected chi connectivity index (χ2v) is 7.43. The number of hydrogen-bond donors (Lipinski definition) is 1. The molecule has 3 rings (SSSR count). The van der Waals surface area contributed by atoms with E-state index in [-0.39, 0.29) is 17.9 Å². The van der Waals surface area contributed by atoms with Crippen LogP contribution in [0.15, 0.2) is 48.5 Å². The van der Waals surface area contributed by atoms with E-state index in [4.69, 9.17) is 16.3 Å². The van der Waals surface area contributed by atoms with Gasteiger partial charge in [-0.1, -0.05) is 29.8 Å². The molecule has 2 aromatic rings. The van der Waals surface area contributed by atoms with Crippen molar-refractivity contribution in [2.75, 3.05) is 19.7 Å². The molecule has 0 bridgehead atoms. The first-order valence-corrected chi connectivity index (χ1v) is 10.1. The van der Waals surface area contributed by atoms with Gasteiger partial charge in [0.1, 0.15) is 11.6 Å². The lowest BCUT2D eigenvalue weighted by atomic mass is 10.0. The van der Waals surface area contributed by atoms with Gasteiger partial charge < -0.3 is 15.0 Å². The molecule has 2 amide bonds. The van der Waals surface area contributed by atoms with Crippen LogP contribution in [0.4, 0.5) is 4.39 Å². The number of nitrogens with zero attached hydrogens (tertiary/aromatic N) is 1. The summed E-state index contributed by atoms with van der Waals surface area (Å²) < 4.78 is 18.9. The van der Waals surface area contributed by atoms with Gasteiger partial charge in [0.25, 0.3) is 5.91 Å².